The van der Waals surface area contributed by atoms with E-state index in [-0.39, 0.29) is 0 Å². The average Bonchev–Trinajstić information content (AvgIpc) is 2.53. The smallest absolute Gasteiger partial charge is 0.126 e. The van der Waals surface area contributed by atoms with Crippen LogP contribution in [0.3, 0.4) is 0 Å². The van der Waals surface area contributed by atoms with Crippen LogP contribution in [0.1, 0.15) is 17.0 Å². The Morgan fingerprint density at radius 1 is 0.696 bits per heavy atom. The van der Waals surface area contributed by atoms with E-state index < -0.39 is 0 Å². The number of benzene rings is 3. The van der Waals surface area contributed by atoms with Gasteiger partial charge in [-0.05, 0) is 44.4 Å². The zero-order valence-electron chi connectivity index (χ0n) is 13.6. The molecule has 0 aliphatic carbocycles. The molecule has 0 fully saturated rings. The third kappa shape index (κ3) is 2.36. The van der Waals surface area contributed by atoms with Crippen LogP contribution in [0.25, 0.3) is 32.9 Å². The summed E-state index contributed by atoms with van der Waals surface area (Å²) in [6.07, 6.45) is 0. The minimum atomic E-state index is 0.808. The Bertz CT molecular complexity index is 1030. The Kier molecular flexibility index (Phi) is 3.12. The molecule has 0 aliphatic rings. The van der Waals surface area contributed by atoms with Gasteiger partial charge in [-0.25, -0.2) is 9.97 Å². The largest absolute Gasteiger partial charge is 0.233 e. The molecule has 3 aromatic carbocycles. The van der Waals surface area contributed by atoms with Crippen LogP contribution >= 0.6 is 0 Å². The second kappa shape index (κ2) is 5.17. The number of aryl methyl sites for hydroxylation is 3. The van der Waals surface area contributed by atoms with Crippen molar-refractivity contribution in [1.29, 1.82) is 0 Å². The number of hydrogen-bond donors (Lipinski definition) is 0. The lowest BCUT2D eigenvalue weighted by Gasteiger charge is -2.11. The summed E-state index contributed by atoms with van der Waals surface area (Å²) in [6, 6.07) is 19.3. The van der Waals surface area contributed by atoms with Crippen LogP contribution in [0, 0.1) is 20.8 Å². The quantitative estimate of drug-likeness (QED) is 0.441. The number of hydrogen-bond acceptors (Lipinski definition) is 2. The van der Waals surface area contributed by atoms with Crippen LogP contribution in [0.4, 0.5) is 0 Å². The van der Waals surface area contributed by atoms with E-state index in [1.807, 2.05) is 6.92 Å². The number of fused-ring (bicyclic) bond motifs is 3. The molecule has 0 spiro atoms. The van der Waals surface area contributed by atoms with Crippen molar-refractivity contribution < 1.29 is 0 Å². The van der Waals surface area contributed by atoms with Gasteiger partial charge in [0.05, 0.1) is 11.2 Å². The normalized spacial score (nSPS) is 11.3. The lowest BCUT2D eigenvalue weighted by atomic mass is 9.99. The highest BCUT2D eigenvalue weighted by Gasteiger charge is 2.11. The summed E-state index contributed by atoms with van der Waals surface area (Å²) >= 11 is 0. The maximum Gasteiger partial charge on any atom is 0.126 e. The van der Waals surface area contributed by atoms with Crippen molar-refractivity contribution >= 4 is 21.7 Å². The fourth-order valence-electron chi connectivity index (χ4n) is 3.31. The topological polar surface area (TPSA) is 25.8 Å². The van der Waals surface area contributed by atoms with Gasteiger partial charge in [0.25, 0.3) is 0 Å². The zero-order valence-corrected chi connectivity index (χ0v) is 13.6. The predicted octanol–water partition coefficient (Wildman–Crippen LogP) is 5.38. The van der Waals surface area contributed by atoms with Crippen molar-refractivity contribution in [2.24, 2.45) is 0 Å². The first-order valence-electron chi connectivity index (χ1n) is 7.86. The van der Waals surface area contributed by atoms with E-state index in [4.69, 9.17) is 9.97 Å². The molecule has 0 atom stereocenters. The number of nitrogens with zero attached hydrogens (tertiary/aromatic N) is 2. The van der Waals surface area contributed by atoms with Gasteiger partial charge in [-0.2, -0.15) is 0 Å². The van der Waals surface area contributed by atoms with E-state index in [9.17, 15) is 0 Å². The Labute approximate surface area is 135 Å². The third-order valence-electron chi connectivity index (χ3n) is 4.20. The molecule has 0 saturated heterocycles. The SMILES string of the molecule is Cc1cc(C)cc(-c2nc(C)nc3c2ccc2ccccc23)c1. The molecule has 0 N–H and O–H groups in total. The van der Waals surface area contributed by atoms with Crippen LogP contribution in [-0.4, -0.2) is 9.97 Å². The Balaban J connectivity index is 2.13. The number of rotatable bonds is 1. The number of aromatic nitrogens is 2. The third-order valence-corrected chi connectivity index (χ3v) is 4.20. The van der Waals surface area contributed by atoms with Crippen LogP contribution in [0.2, 0.25) is 0 Å². The molecule has 1 heterocycles. The van der Waals surface area contributed by atoms with Gasteiger partial charge in [-0.15, -0.1) is 0 Å². The summed E-state index contributed by atoms with van der Waals surface area (Å²) in [4.78, 5) is 9.47. The maximum atomic E-state index is 4.75. The van der Waals surface area contributed by atoms with Crippen LogP contribution in [0.15, 0.2) is 54.6 Å². The van der Waals surface area contributed by atoms with E-state index in [1.165, 1.54) is 21.9 Å². The van der Waals surface area contributed by atoms with Crippen LogP contribution in [0.5, 0.6) is 0 Å². The van der Waals surface area contributed by atoms with Crippen LogP contribution in [-0.2, 0) is 0 Å². The first-order chi connectivity index (χ1) is 11.1. The maximum absolute atomic E-state index is 4.75. The molecule has 23 heavy (non-hydrogen) atoms. The second-order valence-corrected chi connectivity index (χ2v) is 6.18. The summed E-state index contributed by atoms with van der Waals surface area (Å²) in [5, 5.41) is 3.50. The van der Waals surface area contributed by atoms with E-state index in [2.05, 4.69) is 68.4 Å². The Morgan fingerprint density at radius 2 is 1.43 bits per heavy atom. The van der Waals surface area contributed by atoms with Gasteiger partial charge < -0.3 is 0 Å². The zero-order chi connectivity index (χ0) is 16.0. The van der Waals surface area contributed by atoms with Gasteiger partial charge in [0.15, 0.2) is 0 Å². The van der Waals surface area contributed by atoms with Gasteiger partial charge in [0.1, 0.15) is 5.82 Å². The summed E-state index contributed by atoms with van der Waals surface area (Å²) in [5.41, 5.74) is 5.72. The second-order valence-electron chi connectivity index (χ2n) is 6.18. The first-order valence-corrected chi connectivity index (χ1v) is 7.86. The van der Waals surface area contributed by atoms with Gasteiger partial charge in [-0.1, -0.05) is 47.5 Å². The van der Waals surface area contributed by atoms with Crippen LogP contribution < -0.4 is 0 Å². The van der Waals surface area contributed by atoms with E-state index in [0.29, 0.717) is 0 Å². The molecular formula is C21H18N2. The van der Waals surface area contributed by atoms with Crippen molar-refractivity contribution in [3.63, 3.8) is 0 Å². The van der Waals surface area contributed by atoms with E-state index >= 15 is 0 Å². The highest BCUT2D eigenvalue weighted by molar-refractivity contribution is 6.09. The average molecular weight is 298 g/mol. The molecule has 0 amide bonds. The summed E-state index contributed by atoms with van der Waals surface area (Å²) in [5.74, 6) is 0.808. The standard InChI is InChI=1S/C21H18N2/c1-13-10-14(2)12-17(11-13)20-19-9-8-16-6-4-5-7-18(16)21(19)23-15(3)22-20/h4-12H,1-3H3. The Morgan fingerprint density at radius 3 is 2.22 bits per heavy atom. The minimum Gasteiger partial charge on any atom is -0.233 e. The molecule has 0 aliphatic heterocycles. The molecule has 112 valence electrons. The fourth-order valence-corrected chi connectivity index (χ4v) is 3.31. The van der Waals surface area contributed by atoms with Gasteiger partial charge >= 0.3 is 0 Å². The lowest BCUT2D eigenvalue weighted by molar-refractivity contribution is 1.10. The van der Waals surface area contributed by atoms with Crippen molar-refractivity contribution in [3.05, 3.63) is 71.5 Å². The lowest BCUT2D eigenvalue weighted by Crippen LogP contribution is -1.95. The summed E-state index contributed by atoms with van der Waals surface area (Å²) < 4.78 is 0. The highest BCUT2D eigenvalue weighted by atomic mass is 14.9. The molecule has 4 aromatic rings. The van der Waals surface area contributed by atoms with Crippen molar-refractivity contribution in [3.8, 4) is 11.3 Å². The van der Waals surface area contributed by atoms with Gasteiger partial charge in [0.2, 0.25) is 0 Å². The summed E-state index contributed by atoms with van der Waals surface area (Å²) in [6.45, 7) is 6.22. The predicted molar refractivity (Wildman–Crippen MR) is 96.7 cm³/mol. The molecule has 0 unspecified atom stereocenters. The molecule has 2 heteroatoms. The molecule has 2 nitrogen and oxygen atoms in total. The molecule has 0 saturated carbocycles. The van der Waals surface area contributed by atoms with Crippen molar-refractivity contribution in [2.75, 3.05) is 0 Å². The van der Waals surface area contributed by atoms with Gasteiger partial charge in [-0.3, -0.25) is 0 Å². The first kappa shape index (κ1) is 13.9. The minimum absolute atomic E-state index is 0.808. The summed E-state index contributed by atoms with van der Waals surface area (Å²) in [7, 11) is 0. The highest BCUT2D eigenvalue weighted by Crippen LogP contribution is 2.31. The van der Waals surface area contributed by atoms with Gasteiger partial charge in [0, 0.05) is 16.3 Å². The molecular weight excluding hydrogens is 280 g/mol. The molecule has 0 radical (unpaired) electrons. The Hall–Kier alpha value is -2.74. The molecule has 4 rings (SSSR count). The van der Waals surface area contributed by atoms with Crippen molar-refractivity contribution in [1.82, 2.24) is 9.97 Å². The van der Waals surface area contributed by atoms with Crippen molar-refractivity contribution in [2.45, 2.75) is 20.8 Å². The van der Waals surface area contributed by atoms with E-state index in [0.717, 1.165) is 28.0 Å². The molecule has 0 bridgehead atoms. The monoisotopic (exact) mass is 298 g/mol. The molecule has 1 aromatic heterocycles. The van der Waals surface area contributed by atoms with E-state index in [1.54, 1.807) is 0 Å². The fraction of sp³-hybridized carbons (Fsp3) is 0.143.